The average molecular weight is 1980 g/mol. The number of alkyl halides is 4. The Bertz CT molecular complexity index is 6580. The molecule has 1 amide bonds. The van der Waals surface area contributed by atoms with E-state index in [0.717, 1.165) is 34.7 Å². The molecule has 4 aromatic carbocycles. The standard InChI is InChI=1S/C19H21ClFN2O8P.3C18H19ClFN2O9P/c1-9-4-10(2)15-12(5-9)7-28-32(27,31-15)29-8-19(21)16(25)14(24)18(30-19)23-6-13(20)17(26)22-11(23)3;3*1-8-3-9(2)13-10(4-8)6-28-32(27,31-13)29-7-18(20)14(24)12(23)16(30-18)22-5-11(19)15(25)21-17(22)26/h4-6,14,16,18,24-25H,3,7-8H2,1-2H3,(H,22,26);3*3-5,12,14,16,23-24H,6-7H2,1-2H3,(H,21,25,26)/t14-,16+,18-,19-,32?;3*12-,14+,16-,18-,32?/m1111/s1/i8D2,18D;16D;7D2;. The number of rotatable bonds is 16. The van der Waals surface area contributed by atoms with Crippen LogP contribution < -0.4 is 57.2 Å². The second-order valence-corrected chi connectivity index (χ2v) is 37.4. The van der Waals surface area contributed by atoms with Crippen LogP contribution in [0.5, 0.6) is 23.0 Å². The van der Waals surface area contributed by atoms with Crippen molar-refractivity contribution < 1.29 is 163 Å². The fraction of sp³-hybridized carbons (Fsp3) is 0.438. The number of hydrogen-bond donors (Lipinski definition) is 12. The number of phosphoric acid groups is 4. The van der Waals surface area contributed by atoms with Gasteiger partial charge in [0.1, 0.15) is 124 Å². The quantitative estimate of drug-likeness (QED) is 0.0366. The van der Waals surface area contributed by atoms with Crippen molar-refractivity contribution in [2.24, 2.45) is 0 Å². The van der Waals surface area contributed by atoms with Crippen molar-refractivity contribution in [2.75, 3.05) is 26.3 Å². The number of carbonyl (C=O) groups excluding carboxylic acids is 1. The van der Waals surface area contributed by atoms with Crippen LogP contribution >= 0.6 is 77.7 Å². The molecule has 55 heteroatoms. The van der Waals surface area contributed by atoms with Crippen LogP contribution in [-0.2, 0) is 105 Å². The molecule has 12 heterocycles. The number of aryl methyl sites for hydroxylation is 8. The van der Waals surface area contributed by atoms with Gasteiger partial charge in [-0.15, -0.1) is 0 Å². The number of nitrogens with one attached hydrogen (secondary N) is 4. The minimum atomic E-state index is -4.83. The molecule has 0 saturated carbocycles. The van der Waals surface area contributed by atoms with Crippen molar-refractivity contribution in [3.8, 4) is 23.0 Å². The summed E-state index contributed by atoms with van der Waals surface area (Å²) in [6.07, 6.45) is -25.8. The van der Waals surface area contributed by atoms with E-state index in [1.807, 2.05) is 32.7 Å². The van der Waals surface area contributed by atoms with Gasteiger partial charge in [-0.3, -0.25) is 84.0 Å². The minimum Gasteiger partial charge on any atom is -0.403 e. The van der Waals surface area contributed by atoms with Gasteiger partial charge in [-0.2, -0.15) is 0 Å². The lowest BCUT2D eigenvalue weighted by molar-refractivity contribution is -0.208. The maximum atomic E-state index is 16.0. The van der Waals surface area contributed by atoms with E-state index in [9.17, 15) is 92.7 Å². The Labute approximate surface area is 745 Å². The highest BCUT2D eigenvalue weighted by molar-refractivity contribution is 7.49. The second-order valence-electron chi connectivity index (χ2n) is 29.5. The summed E-state index contributed by atoms with van der Waals surface area (Å²) in [5.41, 5.74) is 1.83. The van der Waals surface area contributed by atoms with E-state index in [1.54, 1.807) is 86.2 Å². The van der Waals surface area contributed by atoms with Crippen LogP contribution in [0.2, 0.25) is 15.1 Å². The van der Waals surface area contributed by atoms with Gasteiger partial charge in [0.25, 0.3) is 46.0 Å². The number of aliphatic hydroxyl groups is 8. The maximum absolute atomic E-state index is 16.0. The summed E-state index contributed by atoms with van der Waals surface area (Å²) in [6, 6.07) is 13.9. The number of halogens is 8. The summed E-state index contributed by atoms with van der Waals surface area (Å²) >= 11 is 22.7. The Morgan fingerprint density at radius 3 is 1.11 bits per heavy atom. The van der Waals surface area contributed by atoms with Gasteiger partial charge in [0.05, 0.1) is 34.7 Å². The van der Waals surface area contributed by atoms with E-state index < -0.39 is 214 Å². The third-order valence-corrected chi connectivity index (χ3v) is 25.6. The predicted octanol–water partition coefficient (Wildman–Crippen LogP) is 6.44. The van der Waals surface area contributed by atoms with Crippen molar-refractivity contribution in [3.63, 3.8) is 0 Å². The van der Waals surface area contributed by atoms with Gasteiger partial charge in [0.15, 0.2) is 24.9 Å². The molecule has 4 unspecified atom stereocenters. The summed E-state index contributed by atoms with van der Waals surface area (Å²) in [7, 11) is -18.3. The number of benzene rings is 4. The van der Waals surface area contributed by atoms with Crippen molar-refractivity contribution in [1.29, 1.82) is 0 Å². The Balaban J connectivity index is 0.000000152. The monoisotopic (exact) mass is 1970 g/mol. The smallest absolute Gasteiger partial charge is 0.403 e. The Hall–Kier alpha value is -8.13. The summed E-state index contributed by atoms with van der Waals surface area (Å²) in [5.74, 6) is -14.8. The zero-order chi connectivity index (χ0) is 99.1. The Morgan fingerprint density at radius 2 is 0.734 bits per heavy atom. The Morgan fingerprint density at radius 1 is 0.445 bits per heavy atom. The van der Waals surface area contributed by atoms with Crippen LogP contribution in [0.25, 0.3) is 0 Å². The van der Waals surface area contributed by atoms with Crippen molar-refractivity contribution in [3.05, 3.63) is 235 Å². The second kappa shape index (κ2) is 36.8. The molecule has 0 bridgehead atoms. The summed E-state index contributed by atoms with van der Waals surface area (Å²) < 4.78 is 246. The van der Waals surface area contributed by atoms with Crippen LogP contribution in [-0.4, -0.2) is 185 Å². The SMILES string of the molecule is Cc1cc(C)c2c(c1)COP(=O)(OC[C@@]1(F)O[C@@H](n3cc(Cl)c(=O)[nH]c3=O)[C@H](O)[C@@H]1O)O2.[2H]C([2H])(OP1(=O)OCc2cc(C)cc(C)c2O1)[C@@]1(F)O[C@@H](n2cc(Cl)c(=O)[nH]c2=O)[C@H](O)[C@@H]1O.[2H]C([2H])(OP1(=O)OCc2cc(C)cc(C)c2O1)[C@@]1(F)O[C@@]([2H])(N2C=C(Cl)C(=O)NC2=C)[C@H](O)[C@@H]1O.[2H][C@@]1(n2cc(Cl)c(=O)[nH]c2=O)O[C@](F)(COP2(=O)OCc3cc(C)cc(C)c3O2)[C@@H](O)[C@H]1O. The molecular weight excluding hydrogens is 1890 g/mol. The van der Waals surface area contributed by atoms with Crippen LogP contribution in [0.4, 0.5) is 17.6 Å². The van der Waals surface area contributed by atoms with Crippen LogP contribution in [0.3, 0.4) is 0 Å². The molecule has 9 aliphatic heterocycles. The fourth-order valence-corrected chi connectivity index (χ4v) is 19.1. The first-order valence-electron chi connectivity index (χ1n) is 40.0. The molecule has 16 rings (SSSR count). The number of aromatic nitrogens is 6. The fourth-order valence-electron chi connectivity index (χ4n) is 13.6. The summed E-state index contributed by atoms with van der Waals surface area (Å²) in [5, 5.41) is 82.5. The summed E-state index contributed by atoms with van der Waals surface area (Å²) in [6.45, 7) is 6.64. The molecule has 0 radical (unpaired) electrons. The highest BCUT2D eigenvalue weighted by Gasteiger charge is 2.63. The lowest BCUT2D eigenvalue weighted by atomic mass is 10.1. The van der Waals surface area contributed by atoms with E-state index in [-0.39, 0.29) is 55.2 Å². The van der Waals surface area contributed by atoms with E-state index in [2.05, 4.69) is 11.9 Å². The molecule has 128 heavy (non-hydrogen) atoms. The highest BCUT2D eigenvalue weighted by Crippen LogP contribution is 2.61. The molecule has 0 spiro atoms. The minimum absolute atomic E-state index is 0.0942. The van der Waals surface area contributed by atoms with E-state index in [1.165, 1.54) is 0 Å². The van der Waals surface area contributed by atoms with Gasteiger partial charge in [0.2, 0.25) is 0 Å². The average Bonchev–Trinajstić information content (AvgIpc) is 1.55. The Kier molecular flexibility index (Phi) is 25.6. The first-order valence-corrected chi connectivity index (χ1v) is 44.3. The number of aliphatic hydroxyl groups excluding tert-OH is 8. The largest absolute Gasteiger partial charge is 0.530 e. The van der Waals surface area contributed by atoms with E-state index in [4.69, 9.17) is 128 Å². The van der Waals surface area contributed by atoms with Gasteiger partial charge < -0.3 is 88.1 Å². The van der Waals surface area contributed by atoms with E-state index in [0.29, 0.717) is 75.5 Å². The molecule has 20 atom stereocenters. The topological polar surface area (TPSA) is 575 Å². The third kappa shape index (κ3) is 20.0. The number of phosphoric ester groups is 4. The molecule has 3 aromatic heterocycles. The maximum Gasteiger partial charge on any atom is 0.530 e. The number of fused-ring (bicyclic) bond motifs is 4. The molecule has 696 valence electrons. The zero-order valence-electron chi connectivity index (χ0n) is 72.9. The zero-order valence-corrected chi connectivity index (χ0v) is 73.5. The van der Waals surface area contributed by atoms with E-state index >= 15 is 17.6 Å². The van der Waals surface area contributed by atoms with Gasteiger partial charge in [-0.1, -0.05) is 124 Å². The summed E-state index contributed by atoms with van der Waals surface area (Å²) in [4.78, 5) is 88.2. The van der Waals surface area contributed by atoms with Gasteiger partial charge >= 0.3 is 48.4 Å². The number of ether oxygens (including phenoxy) is 4. The first-order chi connectivity index (χ1) is 61.9. The molecule has 43 nitrogen and oxygen atoms in total. The molecule has 4 saturated heterocycles. The van der Waals surface area contributed by atoms with Gasteiger partial charge in [-0.25, -0.2) is 50.2 Å². The number of aromatic amines is 3. The van der Waals surface area contributed by atoms with Gasteiger partial charge in [-0.05, 0) is 77.6 Å². The third-order valence-electron chi connectivity index (χ3n) is 19.6. The highest BCUT2D eigenvalue weighted by atomic mass is 35.5. The molecular formula is C73H78Cl4F4N8O35P4. The van der Waals surface area contributed by atoms with Crippen molar-refractivity contribution in [1.82, 2.24) is 38.9 Å². The van der Waals surface area contributed by atoms with Crippen LogP contribution in [0.15, 0.2) is 120 Å². The van der Waals surface area contributed by atoms with Gasteiger partial charge in [0, 0.05) is 47.0 Å². The molecule has 9 aliphatic rings. The van der Waals surface area contributed by atoms with Crippen LogP contribution in [0, 0.1) is 55.4 Å². The predicted molar refractivity (Wildman–Crippen MR) is 430 cm³/mol. The number of amides is 1. The normalized spacial score (nSPS) is 34.6. The lowest BCUT2D eigenvalue weighted by Crippen LogP contribution is -2.47. The molecule has 7 aromatic rings. The van der Waals surface area contributed by atoms with Crippen molar-refractivity contribution >= 4 is 83.6 Å². The molecule has 4 fully saturated rings. The number of hydrogen-bond acceptors (Lipinski definition) is 36. The number of carbonyl (C=O) groups is 1. The molecule has 0 aliphatic carbocycles. The molecule has 12 N–H and O–H groups in total. The number of H-pyrrole nitrogens is 3. The number of nitrogens with zero attached hydrogens (tertiary/aromatic N) is 4. The lowest BCUT2D eigenvalue weighted by Gasteiger charge is -2.33. The first kappa shape index (κ1) is 89.1. The van der Waals surface area contributed by atoms with Crippen molar-refractivity contribution in [2.45, 2.75) is 179 Å². The van der Waals surface area contributed by atoms with Crippen LogP contribution in [0.1, 0.15) is 93.6 Å².